The zero-order valence-electron chi connectivity index (χ0n) is 13.3. The summed E-state index contributed by atoms with van der Waals surface area (Å²) in [7, 11) is 1.75. The lowest BCUT2D eigenvalue weighted by Gasteiger charge is -2.12. The zero-order chi connectivity index (χ0) is 16.3. The molecule has 0 radical (unpaired) electrons. The third-order valence-corrected chi connectivity index (χ3v) is 3.22. The van der Waals surface area contributed by atoms with Gasteiger partial charge in [-0.1, -0.05) is 30.3 Å². The van der Waals surface area contributed by atoms with Crippen molar-refractivity contribution in [2.75, 3.05) is 20.2 Å². The second-order valence-electron chi connectivity index (χ2n) is 4.99. The number of benzene rings is 2. The third-order valence-electron chi connectivity index (χ3n) is 3.22. The van der Waals surface area contributed by atoms with Crippen LogP contribution in [0.15, 0.2) is 59.6 Å². The molecule has 0 aliphatic rings. The molecule has 2 rings (SSSR count). The van der Waals surface area contributed by atoms with Crippen LogP contribution in [0.3, 0.4) is 0 Å². The lowest BCUT2D eigenvalue weighted by molar-refractivity contribution is 0.310. The topological polar surface area (TPSA) is 45.7 Å². The average Bonchev–Trinajstić information content (AvgIpc) is 2.60. The zero-order valence-corrected chi connectivity index (χ0v) is 13.3. The van der Waals surface area contributed by atoms with Crippen LogP contribution in [-0.2, 0) is 6.54 Å². The van der Waals surface area contributed by atoms with Gasteiger partial charge in [-0.15, -0.1) is 0 Å². The molecule has 0 bridgehead atoms. The Kier molecular flexibility index (Phi) is 6.91. The number of ether oxygens (including phenoxy) is 1. The predicted molar refractivity (Wildman–Crippen MR) is 91.2 cm³/mol. The van der Waals surface area contributed by atoms with E-state index in [0.717, 1.165) is 25.5 Å². The van der Waals surface area contributed by atoms with Crippen molar-refractivity contribution in [3.8, 4) is 5.75 Å². The highest BCUT2D eigenvalue weighted by Crippen LogP contribution is 2.10. The summed E-state index contributed by atoms with van der Waals surface area (Å²) in [6.45, 7) is 2.04. The molecule has 0 aliphatic carbocycles. The molecule has 0 saturated heterocycles. The van der Waals surface area contributed by atoms with E-state index < -0.39 is 0 Å². The summed E-state index contributed by atoms with van der Waals surface area (Å²) in [5.41, 5.74) is 1.20. The minimum Gasteiger partial charge on any atom is -0.494 e. The Bertz CT molecular complexity index is 599. The summed E-state index contributed by atoms with van der Waals surface area (Å²) in [6.07, 6.45) is 0.823. The van der Waals surface area contributed by atoms with E-state index in [1.165, 1.54) is 17.7 Å². The molecule has 0 saturated carbocycles. The minimum absolute atomic E-state index is 0.257. The molecule has 5 heteroatoms. The van der Waals surface area contributed by atoms with Crippen molar-refractivity contribution in [2.45, 2.75) is 13.0 Å². The first-order chi connectivity index (χ1) is 11.3. The number of rotatable bonds is 7. The normalized spacial score (nSPS) is 11.1. The van der Waals surface area contributed by atoms with Crippen molar-refractivity contribution >= 4 is 5.96 Å². The average molecular weight is 315 g/mol. The van der Waals surface area contributed by atoms with E-state index in [-0.39, 0.29) is 5.82 Å². The molecular weight excluding hydrogens is 293 g/mol. The van der Waals surface area contributed by atoms with E-state index in [1.54, 1.807) is 19.2 Å². The van der Waals surface area contributed by atoms with Gasteiger partial charge in [-0.05, 0) is 36.2 Å². The van der Waals surface area contributed by atoms with Crippen molar-refractivity contribution in [2.24, 2.45) is 4.99 Å². The van der Waals surface area contributed by atoms with Crippen molar-refractivity contribution in [3.63, 3.8) is 0 Å². The molecule has 23 heavy (non-hydrogen) atoms. The van der Waals surface area contributed by atoms with Gasteiger partial charge in [0.25, 0.3) is 0 Å². The van der Waals surface area contributed by atoms with Crippen molar-refractivity contribution in [1.82, 2.24) is 10.6 Å². The first kappa shape index (κ1) is 16.8. The summed E-state index contributed by atoms with van der Waals surface area (Å²) in [4.78, 5) is 4.18. The molecule has 0 aliphatic heterocycles. The van der Waals surface area contributed by atoms with Gasteiger partial charge >= 0.3 is 0 Å². The molecule has 2 aromatic carbocycles. The molecule has 0 atom stereocenters. The standard InChI is InChI=1S/C18H22FN3O/c1-20-18(22-14-15-6-3-2-4-7-15)21-12-5-13-23-17-10-8-16(19)9-11-17/h2-4,6-11H,5,12-14H2,1H3,(H2,20,21,22). The van der Waals surface area contributed by atoms with Gasteiger partial charge in [-0.25, -0.2) is 4.39 Å². The Balaban J connectivity index is 1.61. The summed E-state index contributed by atoms with van der Waals surface area (Å²) < 4.78 is 18.3. The number of guanidine groups is 1. The number of hydrogen-bond donors (Lipinski definition) is 2. The van der Waals surface area contributed by atoms with Crippen molar-refractivity contribution < 1.29 is 9.13 Å². The minimum atomic E-state index is -0.257. The van der Waals surface area contributed by atoms with E-state index in [9.17, 15) is 4.39 Å². The van der Waals surface area contributed by atoms with E-state index in [4.69, 9.17) is 4.74 Å². The van der Waals surface area contributed by atoms with Gasteiger partial charge in [0.05, 0.1) is 6.61 Å². The Morgan fingerprint density at radius 3 is 2.48 bits per heavy atom. The van der Waals surface area contributed by atoms with E-state index >= 15 is 0 Å². The fraction of sp³-hybridized carbons (Fsp3) is 0.278. The van der Waals surface area contributed by atoms with Crippen LogP contribution in [0.2, 0.25) is 0 Å². The maximum absolute atomic E-state index is 12.8. The third kappa shape index (κ3) is 6.38. The van der Waals surface area contributed by atoms with Crippen LogP contribution in [0.5, 0.6) is 5.75 Å². The van der Waals surface area contributed by atoms with Gasteiger partial charge in [0.1, 0.15) is 11.6 Å². The monoisotopic (exact) mass is 315 g/mol. The summed E-state index contributed by atoms with van der Waals surface area (Å²) in [5, 5.41) is 6.49. The molecule has 0 aromatic heterocycles. The number of nitrogens with zero attached hydrogens (tertiary/aromatic N) is 1. The molecule has 4 nitrogen and oxygen atoms in total. The predicted octanol–water partition coefficient (Wildman–Crippen LogP) is 2.96. The highest BCUT2D eigenvalue weighted by atomic mass is 19.1. The van der Waals surface area contributed by atoms with Gasteiger partial charge in [-0.3, -0.25) is 4.99 Å². The second kappa shape index (κ2) is 9.46. The van der Waals surface area contributed by atoms with Crippen molar-refractivity contribution in [1.29, 1.82) is 0 Å². The highest BCUT2D eigenvalue weighted by molar-refractivity contribution is 5.79. The van der Waals surface area contributed by atoms with Crippen LogP contribution in [0, 0.1) is 5.82 Å². The summed E-state index contributed by atoms with van der Waals surface area (Å²) in [5.74, 6) is 1.18. The van der Waals surface area contributed by atoms with Crippen LogP contribution in [-0.4, -0.2) is 26.2 Å². The summed E-state index contributed by atoms with van der Waals surface area (Å²) >= 11 is 0. The molecule has 0 heterocycles. The smallest absolute Gasteiger partial charge is 0.191 e. The first-order valence-corrected chi connectivity index (χ1v) is 7.65. The maximum atomic E-state index is 12.8. The SMILES string of the molecule is CN=C(NCCCOc1ccc(F)cc1)NCc1ccccc1. The van der Waals surface area contributed by atoms with Crippen LogP contribution >= 0.6 is 0 Å². The lowest BCUT2D eigenvalue weighted by atomic mass is 10.2. The van der Waals surface area contributed by atoms with Crippen LogP contribution < -0.4 is 15.4 Å². The van der Waals surface area contributed by atoms with Gasteiger partial charge in [0.2, 0.25) is 0 Å². The Hall–Kier alpha value is -2.56. The van der Waals surface area contributed by atoms with E-state index in [0.29, 0.717) is 12.4 Å². The second-order valence-corrected chi connectivity index (χ2v) is 4.99. The molecule has 2 aromatic rings. The van der Waals surface area contributed by atoms with E-state index in [1.807, 2.05) is 18.2 Å². The van der Waals surface area contributed by atoms with Crippen LogP contribution in [0.1, 0.15) is 12.0 Å². The van der Waals surface area contributed by atoms with Gasteiger partial charge in [-0.2, -0.15) is 0 Å². The fourth-order valence-electron chi connectivity index (χ4n) is 2.00. The molecule has 122 valence electrons. The largest absolute Gasteiger partial charge is 0.494 e. The number of halogens is 1. The Labute approximate surface area is 136 Å². The quantitative estimate of drug-likeness (QED) is 0.469. The molecule has 0 spiro atoms. The number of aliphatic imine (C=N–C) groups is 1. The first-order valence-electron chi connectivity index (χ1n) is 7.65. The number of nitrogens with one attached hydrogen (secondary N) is 2. The molecular formula is C18H22FN3O. The molecule has 0 amide bonds. The van der Waals surface area contributed by atoms with Crippen molar-refractivity contribution in [3.05, 3.63) is 66.0 Å². The highest BCUT2D eigenvalue weighted by Gasteiger charge is 1.98. The van der Waals surface area contributed by atoms with Gasteiger partial charge in [0, 0.05) is 20.1 Å². The van der Waals surface area contributed by atoms with E-state index in [2.05, 4.69) is 27.8 Å². The Morgan fingerprint density at radius 1 is 1.04 bits per heavy atom. The van der Waals surface area contributed by atoms with Crippen LogP contribution in [0.4, 0.5) is 4.39 Å². The fourth-order valence-corrected chi connectivity index (χ4v) is 2.00. The van der Waals surface area contributed by atoms with Gasteiger partial charge < -0.3 is 15.4 Å². The van der Waals surface area contributed by atoms with Gasteiger partial charge in [0.15, 0.2) is 5.96 Å². The Morgan fingerprint density at radius 2 is 1.78 bits per heavy atom. The molecule has 2 N–H and O–H groups in total. The maximum Gasteiger partial charge on any atom is 0.191 e. The molecule has 0 unspecified atom stereocenters. The summed E-state index contributed by atoms with van der Waals surface area (Å²) in [6, 6.07) is 16.2. The lowest BCUT2D eigenvalue weighted by Crippen LogP contribution is -2.37. The van der Waals surface area contributed by atoms with Crippen LogP contribution in [0.25, 0.3) is 0 Å². The number of hydrogen-bond acceptors (Lipinski definition) is 2. The molecule has 0 fully saturated rings.